The maximum atomic E-state index is 15.4. The second-order valence-corrected chi connectivity index (χ2v) is 12.9. The van der Waals surface area contributed by atoms with Crippen LogP contribution in [0.5, 0.6) is 0 Å². The normalized spacial score (nSPS) is 18.8. The standard InChI is InChI=1S/C33H32NO3P/c35-33(37-26-15-4-1-5-16-26)31-23-24-34(32(31)30-22-12-14-25-13-10-11-21-29(25)30)38(36,27-17-6-2-7-18-27)28-19-8-3-9-20-28/h2-3,6-14,17-23,26,32H,1,4-5,15-16,24H2/t32-/m0/s1. The molecule has 4 nitrogen and oxygen atoms in total. The molecule has 1 fully saturated rings. The summed E-state index contributed by atoms with van der Waals surface area (Å²) in [5.74, 6) is -0.287. The van der Waals surface area contributed by atoms with Crippen molar-refractivity contribution in [2.75, 3.05) is 6.54 Å². The first-order chi connectivity index (χ1) is 18.7. The van der Waals surface area contributed by atoms with Gasteiger partial charge in [0.25, 0.3) is 0 Å². The van der Waals surface area contributed by atoms with E-state index < -0.39 is 13.3 Å². The number of ether oxygens (including phenoxy) is 1. The van der Waals surface area contributed by atoms with Crippen LogP contribution in [0.2, 0.25) is 0 Å². The molecule has 5 heteroatoms. The lowest BCUT2D eigenvalue weighted by Crippen LogP contribution is -2.34. The summed E-state index contributed by atoms with van der Waals surface area (Å²) in [6, 6.07) is 33.2. The van der Waals surface area contributed by atoms with Crippen LogP contribution in [0, 0.1) is 0 Å². The van der Waals surface area contributed by atoms with Gasteiger partial charge >= 0.3 is 5.97 Å². The molecule has 2 aliphatic rings. The van der Waals surface area contributed by atoms with E-state index in [0.29, 0.717) is 12.1 Å². The summed E-state index contributed by atoms with van der Waals surface area (Å²) in [6.07, 6.45) is 7.09. The van der Waals surface area contributed by atoms with Crippen molar-refractivity contribution in [2.45, 2.75) is 44.2 Å². The van der Waals surface area contributed by atoms with Gasteiger partial charge in [0.1, 0.15) is 6.10 Å². The number of benzene rings is 4. The minimum Gasteiger partial charge on any atom is -0.459 e. The minimum atomic E-state index is -3.32. The Bertz CT molecular complexity index is 1460. The molecule has 0 spiro atoms. The van der Waals surface area contributed by atoms with Gasteiger partial charge in [0.05, 0.1) is 11.6 Å². The van der Waals surface area contributed by atoms with Gasteiger partial charge in [-0.2, -0.15) is 0 Å². The van der Waals surface area contributed by atoms with Crippen molar-refractivity contribution < 1.29 is 14.1 Å². The maximum Gasteiger partial charge on any atom is 0.335 e. The van der Waals surface area contributed by atoms with Crippen molar-refractivity contribution >= 4 is 34.6 Å². The van der Waals surface area contributed by atoms with Crippen molar-refractivity contribution in [1.29, 1.82) is 0 Å². The van der Waals surface area contributed by atoms with Crippen molar-refractivity contribution in [3.8, 4) is 0 Å². The fraction of sp³-hybridized carbons (Fsp3) is 0.242. The fourth-order valence-corrected chi connectivity index (χ4v) is 8.90. The van der Waals surface area contributed by atoms with Crippen LogP contribution in [-0.4, -0.2) is 23.3 Å². The Morgan fingerprint density at radius 2 is 1.34 bits per heavy atom. The SMILES string of the molecule is O=C(OC1CCCCC1)C1=CCN(P(=O)(c2ccccc2)c2ccccc2)[C@H]1c1cccc2ccccc12. The molecule has 0 saturated heterocycles. The van der Waals surface area contributed by atoms with E-state index in [9.17, 15) is 4.79 Å². The zero-order valence-electron chi connectivity index (χ0n) is 21.4. The molecule has 6 rings (SSSR count). The van der Waals surface area contributed by atoms with E-state index in [2.05, 4.69) is 24.3 Å². The number of fused-ring (bicyclic) bond motifs is 1. The van der Waals surface area contributed by atoms with Crippen LogP contribution in [0.3, 0.4) is 0 Å². The summed E-state index contributed by atoms with van der Waals surface area (Å²) in [4.78, 5) is 13.8. The summed E-state index contributed by atoms with van der Waals surface area (Å²) in [5.41, 5.74) is 1.55. The van der Waals surface area contributed by atoms with Gasteiger partial charge in [-0.25, -0.2) is 9.46 Å². The van der Waals surface area contributed by atoms with Gasteiger partial charge in [0.15, 0.2) is 0 Å². The second kappa shape index (κ2) is 10.7. The molecule has 1 aliphatic carbocycles. The highest BCUT2D eigenvalue weighted by atomic mass is 31.2. The smallest absolute Gasteiger partial charge is 0.335 e. The zero-order valence-corrected chi connectivity index (χ0v) is 22.3. The number of carbonyl (C=O) groups is 1. The molecule has 38 heavy (non-hydrogen) atoms. The predicted octanol–water partition coefficient (Wildman–Crippen LogP) is 6.93. The summed E-state index contributed by atoms with van der Waals surface area (Å²) in [5, 5.41) is 3.65. The summed E-state index contributed by atoms with van der Waals surface area (Å²) in [6.45, 7) is 0.393. The first kappa shape index (κ1) is 24.9. The molecule has 1 aliphatic heterocycles. The van der Waals surface area contributed by atoms with Gasteiger partial charge in [-0.1, -0.05) is 91.4 Å². The Morgan fingerprint density at radius 3 is 2.03 bits per heavy atom. The number of hydrogen-bond acceptors (Lipinski definition) is 3. The molecule has 1 saturated carbocycles. The molecule has 192 valence electrons. The van der Waals surface area contributed by atoms with E-state index >= 15 is 4.57 Å². The first-order valence-corrected chi connectivity index (χ1v) is 15.2. The molecule has 4 aromatic carbocycles. The van der Waals surface area contributed by atoms with Gasteiger partial charge in [-0.15, -0.1) is 0 Å². The van der Waals surface area contributed by atoms with Crippen LogP contribution < -0.4 is 10.6 Å². The molecule has 0 amide bonds. The van der Waals surface area contributed by atoms with Crippen molar-refractivity contribution in [2.24, 2.45) is 0 Å². The van der Waals surface area contributed by atoms with Crippen molar-refractivity contribution in [3.63, 3.8) is 0 Å². The lowest BCUT2D eigenvalue weighted by atomic mass is 9.94. The lowest BCUT2D eigenvalue weighted by Gasteiger charge is -2.35. The summed E-state index contributed by atoms with van der Waals surface area (Å²) >= 11 is 0. The number of nitrogens with zero attached hydrogens (tertiary/aromatic N) is 1. The van der Waals surface area contributed by atoms with Gasteiger partial charge in [0.2, 0.25) is 7.29 Å². The quantitative estimate of drug-likeness (QED) is 0.204. The van der Waals surface area contributed by atoms with Crippen LogP contribution in [0.25, 0.3) is 10.8 Å². The van der Waals surface area contributed by atoms with Gasteiger partial charge < -0.3 is 4.74 Å². The Labute approximate surface area is 224 Å². The maximum absolute atomic E-state index is 15.4. The van der Waals surface area contributed by atoms with E-state index in [1.807, 2.05) is 89.6 Å². The highest BCUT2D eigenvalue weighted by molar-refractivity contribution is 7.76. The Morgan fingerprint density at radius 1 is 0.737 bits per heavy atom. The van der Waals surface area contributed by atoms with E-state index in [1.54, 1.807) is 0 Å². The Kier molecular flexibility index (Phi) is 7.02. The summed E-state index contributed by atoms with van der Waals surface area (Å²) < 4.78 is 23.6. The van der Waals surface area contributed by atoms with Gasteiger partial charge in [-0.3, -0.25) is 4.57 Å². The highest BCUT2D eigenvalue weighted by Gasteiger charge is 2.46. The largest absolute Gasteiger partial charge is 0.459 e. The molecule has 1 heterocycles. The second-order valence-electron chi connectivity index (χ2n) is 10.2. The Hall–Kier alpha value is -3.46. The van der Waals surface area contributed by atoms with Crippen LogP contribution in [0.1, 0.15) is 43.7 Å². The first-order valence-electron chi connectivity index (χ1n) is 13.5. The molecule has 0 radical (unpaired) electrons. The third-order valence-electron chi connectivity index (χ3n) is 7.84. The van der Waals surface area contributed by atoms with E-state index in [1.165, 1.54) is 6.42 Å². The van der Waals surface area contributed by atoms with Crippen LogP contribution in [0.4, 0.5) is 0 Å². The van der Waals surface area contributed by atoms with Crippen molar-refractivity contribution in [3.05, 3.63) is 120 Å². The molecular formula is C33H32NO3P. The Balaban J connectivity index is 1.50. The third-order valence-corrected chi connectivity index (χ3v) is 11.0. The number of esters is 1. The zero-order chi connectivity index (χ0) is 26.0. The molecule has 0 N–H and O–H groups in total. The molecular weight excluding hydrogens is 489 g/mol. The van der Waals surface area contributed by atoms with Gasteiger partial charge in [0, 0.05) is 17.2 Å². The van der Waals surface area contributed by atoms with E-state index in [-0.39, 0.29) is 12.1 Å². The van der Waals surface area contributed by atoms with Crippen LogP contribution in [0.15, 0.2) is 115 Å². The summed E-state index contributed by atoms with van der Waals surface area (Å²) in [7, 11) is -3.32. The highest BCUT2D eigenvalue weighted by Crippen LogP contribution is 2.56. The molecule has 0 bridgehead atoms. The molecule has 1 atom stereocenters. The van der Waals surface area contributed by atoms with E-state index in [4.69, 9.17) is 4.74 Å². The predicted molar refractivity (Wildman–Crippen MR) is 154 cm³/mol. The molecule has 4 aromatic rings. The number of carbonyl (C=O) groups excluding carboxylic acids is 1. The average molecular weight is 522 g/mol. The van der Waals surface area contributed by atoms with Gasteiger partial charge in [-0.05, 0) is 66.3 Å². The van der Waals surface area contributed by atoms with E-state index in [0.717, 1.165) is 52.6 Å². The van der Waals surface area contributed by atoms with Crippen LogP contribution >= 0.6 is 7.29 Å². The topological polar surface area (TPSA) is 46.6 Å². The monoisotopic (exact) mass is 521 g/mol. The van der Waals surface area contributed by atoms with Crippen LogP contribution in [-0.2, 0) is 14.1 Å². The van der Waals surface area contributed by atoms with Crippen molar-refractivity contribution in [1.82, 2.24) is 4.67 Å². The minimum absolute atomic E-state index is 0.0468. The third kappa shape index (κ3) is 4.53. The number of hydrogen-bond donors (Lipinski definition) is 0. The number of rotatable bonds is 6. The molecule has 0 aromatic heterocycles. The lowest BCUT2D eigenvalue weighted by molar-refractivity contribution is -0.146. The molecule has 0 unspecified atom stereocenters. The fourth-order valence-electron chi connectivity index (χ4n) is 5.97. The average Bonchev–Trinajstić information content (AvgIpc) is 3.44.